The topological polar surface area (TPSA) is 49.3 Å². The first-order chi connectivity index (χ1) is 14.4. The molecule has 0 bridgehead atoms. The molecule has 1 aromatic heterocycles. The zero-order valence-electron chi connectivity index (χ0n) is 17.5. The number of aryl methyl sites for hydroxylation is 3. The van der Waals surface area contributed by atoms with Crippen molar-refractivity contribution in [2.75, 3.05) is 31.1 Å². The van der Waals surface area contributed by atoms with Crippen LogP contribution in [0.15, 0.2) is 48.5 Å². The Bertz CT molecular complexity index is 1070. The first-order valence-corrected chi connectivity index (χ1v) is 10.1. The van der Waals surface area contributed by atoms with Crippen LogP contribution < -0.4 is 4.90 Å². The number of piperazine rings is 1. The Morgan fingerprint density at radius 2 is 1.57 bits per heavy atom. The number of nitrogens with zero attached hydrogens (tertiary/aromatic N) is 4. The summed E-state index contributed by atoms with van der Waals surface area (Å²) in [5, 5.41) is 8.87. The van der Waals surface area contributed by atoms with Crippen LogP contribution in [0.1, 0.15) is 27.0 Å². The van der Waals surface area contributed by atoms with E-state index >= 15 is 0 Å². The molecule has 0 N–H and O–H groups in total. The molecule has 0 unspecified atom stereocenters. The van der Waals surface area contributed by atoms with Gasteiger partial charge in [0.25, 0.3) is 5.91 Å². The van der Waals surface area contributed by atoms with E-state index in [1.165, 1.54) is 28.8 Å². The Morgan fingerprint density at radius 1 is 0.867 bits per heavy atom. The van der Waals surface area contributed by atoms with Crippen molar-refractivity contribution in [1.82, 2.24) is 15.1 Å². The van der Waals surface area contributed by atoms with Gasteiger partial charge in [0, 0.05) is 31.7 Å². The minimum atomic E-state index is -0.479. The number of benzene rings is 2. The van der Waals surface area contributed by atoms with Gasteiger partial charge >= 0.3 is 0 Å². The maximum absolute atomic E-state index is 13.9. The Kier molecular flexibility index (Phi) is 5.48. The summed E-state index contributed by atoms with van der Waals surface area (Å²) in [6, 6.07) is 14.4. The number of rotatable bonds is 3. The number of hydrogen-bond donors (Lipinski definition) is 0. The molecule has 5 nitrogen and oxygen atoms in total. The molecule has 2 aromatic carbocycles. The van der Waals surface area contributed by atoms with Crippen LogP contribution >= 0.6 is 0 Å². The summed E-state index contributed by atoms with van der Waals surface area (Å²) in [6.45, 7) is 8.61. The highest BCUT2D eigenvalue weighted by Crippen LogP contribution is 2.26. The highest BCUT2D eigenvalue weighted by atomic mass is 19.1. The van der Waals surface area contributed by atoms with E-state index in [0.29, 0.717) is 26.2 Å². The predicted octanol–water partition coefficient (Wildman–Crippen LogP) is 4.17. The lowest BCUT2D eigenvalue weighted by molar-refractivity contribution is 0.0742. The zero-order valence-corrected chi connectivity index (χ0v) is 17.5. The van der Waals surface area contributed by atoms with Crippen molar-refractivity contribution in [1.29, 1.82) is 0 Å². The van der Waals surface area contributed by atoms with E-state index in [1.54, 1.807) is 17.0 Å². The predicted molar refractivity (Wildman–Crippen MR) is 116 cm³/mol. The van der Waals surface area contributed by atoms with E-state index in [9.17, 15) is 9.18 Å². The number of amides is 1. The molecule has 1 aliphatic rings. The molecule has 0 spiro atoms. The zero-order chi connectivity index (χ0) is 21.3. The molecular weight excluding hydrogens is 379 g/mol. The van der Waals surface area contributed by atoms with Gasteiger partial charge in [0.05, 0.1) is 11.3 Å². The van der Waals surface area contributed by atoms with E-state index in [1.807, 2.05) is 12.1 Å². The van der Waals surface area contributed by atoms with Crippen LogP contribution in [0.5, 0.6) is 0 Å². The molecule has 154 valence electrons. The summed E-state index contributed by atoms with van der Waals surface area (Å²) in [5.41, 5.74) is 5.75. The molecule has 0 radical (unpaired) electrons. The van der Waals surface area contributed by atoms with Crippen molar-refractivity contribution >= 4 is 11.7 Å². The Balaban J connectivity index is 1.44. The smallest absolute Gasteiger partial charge is 0.256 e. The number of anilines is 1. The van der Waals surface area contributed by atoms with Crippen LogP contribution in [0.4, 0.5) is 10.2 Å². The fourth-order valence-electron chi connectivity index (χ4n) is 3.82. The quantitative estimate of drug-likeness (QED) is 0.657. The van der Waals surface area contributed by atoms with Crippen LogP contribution in [-0.2, 0) is 0 Å². The molecule has 30 heavy (non-hydrogen) atoms. The highest BCUT2D eigenvalue weighted by molar-refractivity contribution is 5.94. The fraction of sp³-hybridized carbons (Fsp3) is 0.292. The van der Waals surface area contributed by atoms with Gasteiger partial charge < -0.3 is 9.80 Å². The first-order valence-electron chi connectivity index (χ1n) is 10.1. The molecule has 2 heterocycles. The SMILES string of the molecule is Cc1cc(C)c(-c2ccc(N3CCN(C(=O)c4ccccc4F)CC3)nn2)cc1C. The van der Waals surface area contributed by atoms with Gasteiger partial charge in [-0.2, -0.15) is 0 Å². The Morgan fingerprint density at radius 3 is 2.23 bits per heavy atom. The number of halogens is 1. The minimum absolute atomic E-state index is 0.124. The summed E-state index contributed by atoms with van der Waals surface area (Å²) in [4.78, 5) is 16.4. The number of aromatic nitrogens is 2. The first kappa shape index (κ1) is 20.0. The number of carbonyl (C=O) groups excluding carboxylic acids is 1. The fourth-order valence-corrected chi connectivity index (χ4v) is 3.82. The molecule has 4 rings (SSSR count). The molecule has 0 atom stereocenters. The third kappa shape index (κ3) is 3.90. The average Bonchev–Trinajstić information content (AvgIpc) is 2.76. The van der Waals surface area contributed by atoms with Gasteiger partial charge in [-0.05, 0) is 67.8 Å². The lowest BCUT2D eigenvalue weighted by Gasteiger charge is -2.35. The largest absolute Gasteiger partial charge is 0.352 e. The standard InChI is InChI=1S/C24H25FN4O/c1-16-14-18(3)20(15-17(16)2)22-8-9-23(27-26-22)28-10-12-29(13-11-28)24(30)19-6-4-5-7-21(19)25/h4-9,14-15H,10-13H2,1-3H3. The van der Waals surface area contributed by atoms with E-state index in [2.05, 4.69) is 48.0 Å². The van der Waals surface area contributed by atoms with Crippen molar-refractivity contribution in [3.05, 3.63) is 76.6 Å². The van der Waals surface area contributed by atoms with Crippen molar-refractivity contribution in [3.8, 4) is 11.3 Å². The lowest BCUT2D eigenvalue weighted by Crippen LogP contribution is -2.49. The van der Waals surface area contributed by atoms with Crippen LogP contribution in [-0.4, -0.2) is 47.2 Å². The summed E-state index contributed by atoms with van der Waals surface area (Å²) < 4.78 is 13.9. The Hall–Kier alpha value is -3.28. The summed E-state index contributed by atoms with van der Waals surface area (Å²) in [6.07, 6.45) is 0. The van der Waals surface area contributed by atoms with Crippen LogP contribution in [0, 0.1) is 26.6 Å². The third-order valence-corrected chi connectivity index (χ3v) is 5.76. The maximum atomic E-state index is 13.9. The molecule has 1 aliphatic heterocycles. The van der Waals surface area contributed by atoms with Gasteiger partial charge in [-0.1, -0.05) is 18.2 Å². The van der Waals surface area contributed by atoms with E-state index < -0.39 is 5.82 Å². The minimum Gasteiger partial charge on any atom is -0.352 e. The molecule has 0 aliphatic carbocycles. The van der Waals surface area contributed by atoms with Gasteiger partial charge in [0.2, 0.25) is 0 Å². The van der Waals surface area contributed by atoms with Gasteiger partial charge in [-0.3, -0.25) is 4.79 Å². The van der Waals surface area contributed by atoms with Gasteiger partial charge in [0.15, 0.2) is 5.82 Å². The Labute approximate surface area is 176 Å². The monoisotopic (exact) mass is 404 g/mol. The van der Waals surface area contributed by atoms with Gasteiger partial charge in [-0.15, -0.1) is 10.2 Å². The molecule has 6 heteroatoms. The molecular formula is C24H25FN4O. The van der Waals surface area contributed by atoms with Crippen molar-refractivity contribution in [3.63, 3.8) is 0 Å². The van der Waals surface area contributed by atoms with Crippen molar-refractivity contribution < 1.29 is 9.18 Å². The van der Waals surface area contributed by atoms with E-state index in [-0.39, 0.29) is 11.5 Å². The molecule has 1 amide bonds. The number of hydrogen-bond acceptors (Lipinski definition) is 4. The third-order valence-electron chi connectivity index (χ3n) is 5.76. The second-order valence-electron chi connectivity index (χ2n) is 7.79. The summed E-state index contributed by atoms with van der Waals surface area (Å²) >= 11 is 0. The molecule has 0 saturated carbocycles. The lowest BCUT2D eigenvalue weighted by atomic mass is 9.99. The average molecular weight is 404 g/mol. The van der Waals surface area contributed by atoms with E-state index in [0.717, 1.165) is 17.1 Å². The highest BCUT2D eigenvalue weighted by Gasteiger charge is 2.24. The second-order valence-corrected chi connectivity index (χ2v) is 7.79. The second kappa shape index (κ2) is 8.22. The summed E-state index contributed by atoms with van der Waals surface area (Å²) in [7, 11) is 0. The number of carbonyl (C=O) groups is 1. The van der Waals surface area contributed by atoms with Crippen molar-refractivity contribution in [2.45, 2.75) is 20.8 Å². The normalized spacial score (nSPS) is 14.1. The van der Waals surface area contributed by atoms with E-state index in [4.69, 9.17) is 0 Å². The van der Waals surface area contributed by atoms with Crippen molar-refractivity contribution in [2.24, 2.45) is 0 Å². The van der Waals surface area contributed by atoms with Crippen LogP contribution in [0.2, 0.25) is 0 Å². The van der Waals surface area contributed by atoms with Crippen LogP contribution in [0.25, 0.3) is 11.3 Å². The maximum Gasteiger partial charge on any atom is 0.256 e. The molecule has 1 fully saturated rings. The van der Waals surface area contributed by atoms with Gasteiger partial charge in [0.1, 0.15) is 5.82 Å². The molecule has 3 aromatic rings. The van der Waals surface area contributed by atoms with Gasteiger partial charge in [-0.25, -0.2) is 4.39 Å². The van der Waals surface area contributed by atoms with Crippen LogP contribution in [0.3, 0.4) is 0 Å². The molecule has 1 saturated heterocycles. The summed E-state index contributed by atoms with van der Waals surface area (Å²) in [5.74, 6) is 0.0469.